The molecule has 1 N–H and O–H groups in total. The summed E-state index contributed by atoms with van der Waals surface area (Å²) in [6, 6.07) is 7.64. The molecule has 5 heteroatoms. The maximum Gasteiger partial charge on any atom is 0.140 e. The number of benzene rings is 1. The molecule has 3 rings (SSSR count). The van der Waals surface area contributed by atoms with Gasteiger partial charge < -0.3 is 4.98 Å². The summed E-state index contributed by atoms with van der Waals surface area (Å²) in [7, 11) is 0. The lowest BCUT2D eigenvalue weighted by Gasteiger charge is -2.00. The van der Waals surface area contributed by atoms with Crippen LogP contribution in [0.15, 0.2) is 42.9 Å². The van der Waals surface area contributed by atoms with Crippen LogP contribution in [0.5, 0.6) is 0 Å². The minimum atomic E-state index is 0.692. The summed E-state index contributed by atoms with van der Waals surface area (Å²) in [5.74, 6) is 1.47. The van der Waals surface area contributed by atoms with Crippen molar-refractivity contribution in [1.82, 2.24) is 19.9 Å². The summed E-state index contributed by atoms with van der Waals surface area (Å²) in [6.07, 6.45) is 5.26. The van der Waals surface area contributed by atoms with Gasteiger partial charge in [-0.3, -0.25) is 0 Å². The van der Waals surface area contributed by atoms with Crippen molar-refractivity contribution in [3.63, 3.8) is 0 Å². The number of aromatic nitrogens is 4. The number of halogens is 1. The van der Waals surface area contributed by atoms with Crippen LogP contribution in [-0.2, 0) is 0 Å². The smallest absolute Gasteiger partial charge is 0.140 e. The second-order valence-corrected chi connectivity index (χ2v) is 4.55. The second-order valence-electron chi connectivity index (χ2n) is 4.14. The highest BCUT2D eigenvalue weighted by Gasteiger charge is 2.08. The Labute approximate surface area is 115 Å². The zero-order valence-corrected chi connectivity index (χ0v) is 11.0. The van der Waals surface area contributed by atoms with Crippen molar-refractivity contribution in [2.75, 3.05) is 0 Å². The van der Waals surface area contributed by atoms with E-state index in [9.17, 15) is 0 Å². The van der Waals surface area contributed by atoms with E-state index in [1.165, 1.54) is 0 Å². The van der Waals surface area contributed by atoms with Crippen LogP contribution < -0.4 is 0 Å². The molecule has 0 spiro atoms. The molecule has 3 aromatic rings. The van der Waals surface area contributed by atoms with Crippen LogP contribution in [0.4, 0.5) is 0 Å². The van der Waals surface area contributed by atoms with Crippen molar-refractivity contribution in [3.05, 3.63) is 53.7 Å². The van der Waals surface area contributed by atoms with E-state index in [0.29, 0.717) is 5.02 Å². The van der Waals surface area contributed by atoms with Gasteiger partial charge in [-0.05, 0) is 13.0 Å². The zero-order chi connectivity index (χ0) is 13.2. The molecule has 0 aliphatic rings. The highest BCUT2D eigenvalue weighted by atomic mass is 35.5. The minimum Gasteiger partial charge on any atom is -0.338 e. The Morgan fingerprint density at radius 2 is 1.74 bits per heavy atom. The predicted octanol–water partition coefficient (Wildman–Crippen LogP) is 3.50. The van der Waals surface area contributed by atoms with Crippen LogP contribution >= 0.6 is 11.6 Å². The van der Waals surface area contributed by atoms with Crippen molar-refractivity contribution in [2.24, 2.45) is 0 Å². The number of aromatic amines is 1. The molecule has 0 bridgehead atoms. The summed E-state index contributed by atoms with van der Waals surface area (Å²) in [6.45, 7) is 1.85. The molecule has 0 saturated heterocycles. The van der Waals surface area contributed by atoms with Crippen molar-refractivity contribution < 1.29 is 0 Å². The first-order valence-corrected chi connectivity index (χ1v) is 6.21. The van der Waals surface area contributed by atoms with Gasteiger partial charge in [0.05, 0.1) is 17.5 Å². The Morgan fingerprint density at radius 1 is 1.00 bits per heavy atom. The summed E-state index contributed by atoms with van der Waals surface area (Å²) >= 11 is 6.16. The van der Waals surface area contributed by atoms with E-state index in [-0.39, 0.29) is 0 Å². The van der Waals surface area contributed by atoms with E-state index < -0.39 is 0 Å². The van der Waals surface area contributed by atoms with Gasteiger partial charge in [0.25, 0.3) is 0 Å². The zero-order valence-electron chi connectivity index (χ0n) is 10.3. The summed E-state index contributed by atoms with van der Waals surface area (Å²) in [5.41, 5.74) is 2.65. The van der Waals surface area contributed by atoms with Gasteiger partial charge in [0, 0.05) is 23.0 Å². The topological polar surface area (TPSA) is 54.5 Å². The number of nitrogens with one attached hydrogen (secondary N) is 1. The fourth-order valence-corrected chi connectivity index (χ4v) is 2.04. The van der Waals surface area contributed by atoms with Crippen LogP contribution in [0.25, 0.3) is 22.6 Å². The standard InChI is InChI=1S/C14H11ClN4/c1-9-16-6-10(7-17-9)14-18-8-13(19-14)11-4-2-3-5-12(11)15/h2-8H,1H3,(H,18,19). The number of aryl methyl sites for hydroxylation is 1. The Hall–Kier alpha value is -2.20. The quantitative estimate of drug-likeness (QED) is 0.775. The maximum absolute atomic E-state index is 6.16. The number of H-pyrrole nitrogens is 1. The van der Waals surface area contributed by atoms with Crippen LogP contribution in [0.1, 0.15) is 5.82 Å². The molecule has 0 aliphatic heterocycles. The normalized spacial score (nSPS) is 10.6. The number of nitrogens with zero attached hydrogens (tertiary/aromatic N) is 3. The van der Waals surface area contributed by atoms with Crippen molar-refractivity contribution in [3.8, 4) is 22.6 Å². The van der Waals surface area contributed by atoms with Gasteiger partial charge in [-0.25, -0.2) is 15.0 Å². The molecule has 0 aliphatic carbocycles. The average molecular weight is 271 g/mol. The second kappa shape index (κ2) is 4.82. The lowest BCUT2D eigenvalue weighted by molar-refractivity contribution is 1.05. The van der Waals surface area contributed by atoms with Gasteiger partial charge in [0.1, 0.15) is 11.6 Å². The molecule has 4 nitrogen and oxygen atoms in total. The van der Waals surface area contributed by atoms with Gasteiger partial charge in [0.2, 0.25) is 0 Å². The maximum atomic E-state index is 6.16. The third-order valence-corrected chi connectivity index (χ3v) is 3.12. The van der Waals surface area contributed by atoms with Crippen LogP contribution in [0, 0.1) is 6.92 Å². The minimum absolute atomic E-state index is 0.692. The molecule has 0 atom stereocenters. The molecule has 0 unspecified atom stereocenters. The van der Waals surface area contributed by atoms with E-state index in [0.717, 1.165) is 28.5 Å². The summed E-state index contributed by atoms with van der Waals surface area (Å²) in [5, 5.41) is 0.692. The van der Waals surface area contributed by atoms with E-state index in [2.05, 4.69) is 19.9 Å². The molecule has 0 radical (unpaired) electrons. The Kier molecular flexibility index (Phi) is 3.01. The first kappa shape index (κ1) is 11.9. The molecular formula is C14H11ClN4. The molecular weight excluding hydrogens is 260 g/mol. The van der Waals surface area contributed by atoms with Crippen molar-refractivity contribution in [1.29, 1.82) is 0 Å². The number of hydrogen-bond acceptors (Lipinski definition) is 3. The Balaban J connectivity index is 2.00. The lowest BCUT2D eigenvalue weighted by atomic mass is 10.2. The molecule has 1 aromatic carbocycles. The van der Waals surface area contributed by atoms with E-state index in [4.69, 9.17) is 11.6 Å². The SMILES string of the molecule is Cc1ncc(-c2ncc(-c3ccccc3Cl)[nH]2)cn1. The molecule has 0 amide bonds. The van der Waals surface area contributed by atoms with Gasteiger partial charge >= 0.3 is 0 Å². The molecule has 0 saturated carbocycles. The largest absolute Gasteiger partial charge is 0.338 e. The Bertz CT molecular complexity index is 703. The van der Waals surface area contributed by atoms with E-state index in [1.54, 1.807) is 18.6 Å². The third-order valence-electron chi connectivity index (χ3n) is 2.79. The van der Waals surface area contributed by atoms with Crippen molar-refractivity contribution >= 4 is 11.6 Å². The van der Waals surface area contributed by atoms with Gasteiger partial charge in [0.15, 0.2) is 0 Å². The fraction of sp³-hybridized carbons (Fsp3) is 0.0714. The number of imidazole rings is 1. The first-order valence-electron chi connectivity index (χ1n) is 5.83. The van der Waals surface area contributed by atoms with E-state index in [1.807, 2.05) is 31.2 Å². The predicted molar refractivity (Wildman–Crippen MR) is 74.8 cm³/mol. The summed E-state index contributed by atoms with van der Waals surface area (Å²) in [4.78, 5) is 15.9. The van der Waals surface area contributed by atoms with Crippen LogP contribution in [0.3, 0.4) is 0 Å². The number of rotatable bonds is 2. The average Bonchev–Trinajstić information content (AvgIpc) is 2.89. The van der Waals surface area contributed by atoms with Crippen molar-refractivity contribution in [2.45, 2.75) is 6.92 Å². The lowest BCUT2D eigenvalue weighted by Crippen LogP contribution is -1.89. The molecule has 19 heavy (non-hydrogen) atoms. The summed E-state index contributed by atoms with van der Waals surface area (Å²) < 4.78 is 0. The monoisotopic (exact) mass is 270 g/mol. The fourth-order valence-electron chi connectivity index (χ4n) is 1.80. The molecule has 94 valence electrons. The molecule has 0 fully saturated rings. The van der Waals surface area contributed by atoms with Crippen LogP contribution in [0.2, 0.25) is 5.02 Å². The molecule has 2 aromatic heterocycles. The van der Waals surface area contributed by atoms with E-state index >= 15 is 0 Å². The van der Waals surface area contributed by atoms with Gasteiger partial charge in [-0.2, -0.15) is 0 Å². The Morgan fingerprint density at radius 3 is 2.47 bits per heavy atom. The van der Waals surface area contributed by atoms with Crippen LogP contribution in [-0.4, -0.2) is 19.9 Å². The first-order chi connectivity index (χ1) is 9.24. The highest BCUT2D eigenvalue weighted by Crippen LogP contribution is 2.27. The number of hydrogen-bond donors (Lipinski definition) is 1. The highest BCUT2D eigenvalue weighted by molar-refractivity contribution is 6.33. The van der Waals surface area contributed by atoms with Gasteiger partial charge in [-0.1, -0.05) is 29.8 Å². The molecule has 2 heterocycles. The van der Waals surface area contributed by atoms with Gasteiger partial charge in [-0.15, -0.1) is 0 Å². The third kappa shape index (κ3) is 2.35.